The second-order valence-corrected chi connectivity index (χ2v) is 9.98. The van der Waals surface area contributed by atoms with Crippen molar-refractivity contribution in [1.82, 2.24) is 0 Å². The number of rotatable bonds is 6. The van der Waals surface area contributed by atoms with Crippen LogP contribution < -0.4 is 0 Å². The molecule has 28 heavy (non-hydrogen) atoms. The van der Waals surface area contributed by atoms with Gasteiger partial charge in [-0.2, -0.15) is 0 Å². The summed E-state index contributed by atoms with van der Waals surface area (Å²) in [5, 5.41) is 0. The zero-order chi connectivity index (χ0) is 20.4. The third kappa shape index (κ3) is 3.41. The molecule has 0 heterocycles. The van der Waals surface area contributed by atoms with E-state index in [4.69, 9.17) is 0 Å². The Labute approximate surface area is 166 Å². The lowest BCUT2D eigenvalue weighted by Gasteiger charge is -2.16. The van der Waals surface area contributed by atoms with Crippen LogP contribution in [-0.2, 0) is 26.1 Å². The van der Waals surface area contributed by atoms with Gasteiger partial charge < -0.3 is 0 Å². The van der Waals surface area contributed by atoms with Crippen LogP contribution in [0.3, 0.4) is 0 Å². The fourth-order valence-electron chi connectivity index (χ4n) is 3.15. The van der Waals surface area contributed by atoms with E-state index in [-0.39, 0.29) is 19.6 Å². The molecular formula is C22H20O4S2. The van der Waals surface area contributed by atoms with Crippen LogP contribution in [0, 0.1) is 0 Å². The van der Waals surface area contributed by atoms with Crippen molar-refractivity contribution in [3.63, 3.8) is 0 Å². The topological polar surface area (TPSA) is 68.3 Å². The minimum Gasteiger partial charge on any atom is -0.219 e. The van der Waals surface area contributed by atoms with E-state index in [2.05, 4.69) is 6.58 Å². The zero-order valence-corrected chi connectivity index (χ0v) is 17.0. The van der Waals surface area contributed by atoms with Gasteiger partial charge in [-0.3, -0.25) is 0 Å². The molecule has 0 amide bonds. The summed E-state index contributed by atoms with van der Waals surface area (Å²) in [6, 6.07) is 18.9. The normalized spacial score (nSPS) is 11.9. The first-order valence-electron chi connectivity index (χ1n) is 8.72. The summed E-state index contributed by atoms with van der Waals surface area (Å²) >= 11 is 0. The summed E-state index contributed by atoms with van der Waals surface area (Å²) in [6.07, 6.45) is 1.76. The van der Waals surface area contributed by atoms with E-state index in [9.17, 15) is 16.8 Å². The van der Waals surface area contributed by atoms with Gasteiger partial charge in [-0.15, -0.1) is 0 Å². The van der Waals surface area contributed by atoms with Crippen LogP contribution in [0.4, 0.5) is 0 Å². The van der Waals surface area contributed by atoms with Gasteiger partial charge >= 0.3 is 0 Å². The van der Waals surface area contributed by atoms with Crippen molar-refractivity contribution in [3.05, 3.63) is 90.5 Å². The lowest BCUT2D eigenvalue weighted by molar-refractivity contribution is 0.591. The Morgan fingerprint density at radius 1 is 0.714 bits per heavy atom. The fraction of sp³-hybridized carbons (Fsp3) is 0.0909. The van der Waals surface area contributed by atoms with E-state index in [1.807, 2.05) is 0 Å². The molecule has 3 aromatic rings. The standard InChI is InChI=1S/C22H20O4S2/c1-3-19-20(4-2)22(28(25,26)18-13-9-6-10-14-18)16-15-21(19)27(23,24)17-11-7-5-8-12-17/h3,5-16H,1,4H2,2H3. The van der Waals surface area contributed by atoms with Crippen molar-refractivity contribution in [2.75, 3.05) is 0 Å². The SMILES string of the molecule is C=Cc1c(S(=O)(=O)c2ccccc2)ccc(S(=O)(=O)c2ccccc2)c1CC. The van der Waals surface area contributed by atoms with Crippen molar-refractivity contribution >= 4 is 25.8 Å². The maximum absolute atomic E-state index is 13.1. The summed E-state index contributed by atoms with van der Waals surface area (Å²) in [5.74, 6) is 0. The molecule has 4 nitrogen and oxygen atoms in total. The summed E-state index contributed by atoms with van der Waals surface area (Å²) in [4.78, 5) is 0.470. The molecule has 0 saturated heterocycles. The van der Waals surface area contributed by atoms with Crippen molar-refractivity contribution < 1.29 is 16.8 Å². The van der Waals surface area contributed by atoms with Gasteiger partial charge in [-0.05, 0) is 53.9 Å². The lowest BCUT2D eigenvalue weighted by Crippen LogP contribution is -2.11. The van der Waals surface area contributed by atoms with Gasteiger partial charge in [0.05, 0.1) is 19.6 Å². The van der Waals surface area contributed by atoms with E-state index >= 15 is 0 Å². The van der Waals surface area contributed by atoms with E-state index in [1.54, 1.807) is 43.3 Å². The van der Waals surface area contributed by atoms with Gasteiger partial charge in [0.25, 0.3) is 0 Å². The van der Waals surface area contributed by atoms with Gasteiger partial charge in [0, 0.05) is 0 Å². The zero-order valence-electron chi connectivity index (χ0n) is 15.4. The van der Waals surface area contributed by atoms with Crippen LogP contribution in [0.5, 0.6) is 0 Å². The molecule has 0 aromatic heterocycles. The van der Waals surface area contributed by atoms with E-state index < -0.39 is 19.7 Å². The molecule has 0 N–H and O–H groups in total. The van der Waals surface area contributed by atoms with E-state index in [1.165, 1.54) is 42.5 Å². The molecule has 0 bridgehead atoms. The average molecular weight is 413 g/mol. The lowest BCUT2D eigenvalue weighted by atomic mass is 10.1. The molecule has 0 aliphatic heterocycles. The Hall–Kier alpha value is -2.70. The van der Waals surface area contributed by atoms with Gasteiger partial charge in [-0.25, -0.2) is 16.8 Å². The molecule has 6 heteroatoms. The molecule has 0 atom stereocenters. The van der Waals surface area contributed by atoms with Crippen molar-refractivity contribution in [2.24, 2.45) is 0 Å². The van der Waals surface area contributed by atoms with Gasteiger partial charge in [-0.1, -0.05) is 56.0 Å². The van der Waals surface area contributed by atoms with Gasteiger partial charge in [0.2, 0.25) is 19.7 Å². The minimum atomic E-state index is -3.81. The fourth-order valence-corrected chi connectivity index (χ4v) is 6.26. The molecule has 0 spiro atoms. The smallest absolute Gasteiger partial charge is 0.207 e. The van der Waals surface area contributed by atoms with Crippen LogP contribution in [0.2, 0.25) is 0 Å². The highest BCUT2D eigenvalue weighted by molar-refractivity contribution is 7.92. The number of hydrogen-bond acceptors (Lipinski definition) is 4. The van der Waals surface area contributed by atoms with Crippen LogP contribution in [0.25, 0.3) is 6.08 Å². The van der Waals surface area contributed by atoms with E-state index in [0.29, 0.717) is 17.5 Å². The summed E-state index contributed by atoms with van der Waals surface area (Å²) in [7, 11) is -7.59. The largest absolute Gasteiger partial charge is 0.219 e. The molecular weight excluding hydrogens is 392 g/mol. The maximum Gasteiger partial charge on any atom is 0.207 e. The molecule has 0 saturated carbocycles. The molecule has 144 valence electrons. The maximum atomic E-state index is 13.1. The molecule has 3 rings (SSSR count). The summed E-state index contributed by atoms with van der Waals surface area (Å²) < 4.78 is 52.5. The van der Waals surface area contributed by atoms with Crippen molar-refractivity contribution in [3.8, 4) is 0 Å². The highest BCUT2D eigenvalue weighted by atomic mass is 32.2. The Balaban J connectivity index is 2.28. The summed E-state index contributed by atoms with van der Waals surface area (Å²) in [5.41, 5.74) is 0.763. The summed E-state index contributed by atoms with van der Waals surface area (Å²) in [6.45, 7) is 5.54. The van der Waals surface area contributed by atoms with Crippen LogP contribution in [0.15, 0.2) is 99.0 Å². The first-order chi connectivity index (χ1) is 13.3. The number of hydrogen-bond donors (Lipinski definition) is 0. The predicted molar refractivity (Wildman–Crippen MR) is 110 cm³/mol. The molecule has 0 radical (unpaired) electrons. The second kappa shape index (κ2) is 7.73. The average Bonchev–Trinajstić information content (AvgIpc) is 2.73. The Kier molecular flexibility index (Phi) is 5.54. The van der Waals surface area contributed by atoms with Crippen molar-refractivity contribution in [1.29, 1.82) is 0 Å². The third-order valence-electron chi connectivity index (χ3n) is 4.52. The predicted octanol–water partition coefficient (Wildman–Crippen LogP) is 4.56. The minimum absolute atomic E-state index is 0.0533. The van der Waals surface area contributed by atoms with Gasteiger partial charge in [0.1, 0.15) is 0 Å². The number of benzene rings is 3. The van der Waals surface area contributed by atoms with E-state index in [0.717, 1.165) is 0 Å². The Bertz CT molecular complexity index is 1210. The van der Waals surface area contributed by atoms with Crippen LogP contribution in [0.1, 0.15) is 18.1 Å². The second-order valence-electron chi connectivity index (χ2n) is 6.14. The molecule has 0 aliphatic carbocycles. The highest BCUT2D eigenvalue weighted by Crippen LogP contribution is 2.33. The molecule has 3 aromatic carbocycles. The molecule has 0 aliphatic rings. The number of sulfone groups is 2. The first kappa shape index (κ1) is 20.0. The highest BCUT2D eigenvalue weighted by Gasteiger charge is 2.27. The quantitative estimate of drug-likeness (QED) is 0.595. The molecule has 0 unspecified atom stereocenters. The van der Waals surface area contributed by atoms with Crippen molar-refractivity contribution in [2.45, 2.75) is 32.9 Å². The Morgan fingerprint density at radius 2 is 1.14 bits per heavy atom. The molecule has 0 fully saturated rings. The Morgan fingerprint density at radius 3 is 1.57 bits per heavy atom. The first-order valence-corrected chi connectivity index (χ1v) is 11.7. The van der Waals surface area contributed by atoms with Gasteiger partial charge in [0.15, 0.2) is 0 Å². The third-order valence-corrected chi connectivity index (χ3v) is 8.20. The van der Waals surface area contributed by atoms with Crippen LogP contribution >= 0.6 is 0 Å². The van der Waals surface area contributed by atoms with Crippen LogP contribution in [-0.4, -0.2) is 16.8 Å². The monoisotopic (exact) mass is 412 g/mol.